The third-order valence-corrected chi connectivity index (χ3v) is 4.75. The van der Waals surface area contributed by atoms with Gasteiger partial charge in [-0.05, 0) is 42.5 Å². The van der Waals surface area contributed by atoms with Crippen LogP contribution in [-0.2, 0) is 0 Å². The summed E-state index contributed by atoms with van der Waals surface area (Å²) in [6.07, 6.45) is 1.67. The lowest BCUT2D eigenvalue weighted by atomic mass is 10.1. The molecule has 0 unspecified atom stereocenters. The lowest BCUT2D eigenvalue weighted by Crippen LogP contribution is -2.41. The predicted molar refractivity (Wildman–Crippen MR) is 99.4 cm³/mol. The molecule has 3 aromatic rings. The van der Waals surface area contributed by atoms with Crippen LogP contribution in [0.15, 0.2) is 46.9 Å². The Bertz CT molecular complexity index is 931. The number of ether oxygens (including phenoxy) is 1. The van der Waals surface area contributed by atoms with Gasteiger partial charge >= 0.3 is 0 Å². The number of nitrogens with zero attached hydrogens (tertiary/aromatic N) is 2. The van der Waals surface area contributed by atoms with E-state index in [2.05, 4.69) is 4.98 Å². The predicted octanol–water partition coefficient (Wildman–Crippen LogP) is 3.75. The van der Waals surface area contributed by atoms with Gasteiger partial charge in [0.15, 0.2) is 5.58 Å². The molecule has 26 heavy (non-hydrogen) atoms. The van der Waals surface area contributed by atoms with Crippen molar-refractivity contribution in [3.8, 4) is 5.75 Å². The third-order valence-electron chi connectivity index (χ3n) is 4.50. The van der Waals surface area contributed by atoms with E-state index in [-0.39, 0.29) is 18.0 Å². The number of amides is 1. The van der Waals surface area contributed by atoms with Crippen molar-refractivity contribution in [3.63, 3.8) is 0 Å². The summed E-state index contributed by atoms with van der Waals surface area (Å²) in [5.74, 6) is 0.784. The molecular weight excluding hydrogens is 354 g/mol. The van der Waals surface area contributed by atoms with Crippen molar-refractivity contribution in [2.45, 2.75) is 18.9 Å². The molecule has 0 radical (unpaired) electrons. The van der Waals surface area contributed by atoms with Gasteiger partial charge < -0.3 is 19.8 Å². The van der Waals surface area contributed by atoms with Gasteiger partial charge in [-0.25, -0.2) is 0 Å². The van der Waals surface area contributed by atoms with Gasteiger partial charge in [-0.1, -0.05) is 11.6 Å². The summed E-state index contributed by atoms with van der Waals surface area (Å²) in [5, 5.41) is 0.684. The van der Waals surface area contributed by atoms with Gasteiger partial charge in [-0.2, -0.15) is 4.98 Å². The zero-order chi connectivity index (χ0) is 18.1. The van der Waals surface area contributed by atoms with Crippen LogP contribution in [0.4, 0.5) is 6.01 Å². The Labute approximate surface area is 155 Å². The molecule has 0 aliphatic carbocycles. The number of piperidine rings is 1. The highest BCUT2D eigenvalue weighted by Gasteiger charge is 2.25. The molecule has 6 nitrogen and oxygen atoms in total. The number of nitrogens with two attached hydrogens (primary N) is 1. The minimum Gasteiger partial charge on any atom is -0.490 e. The van der Waals surface area contributed by atoms with E-state index in [0.29, 0.717) is 34.8 Å². The van der Waals surface area contributed by atoms with Crippen LogP contribution in [0, 0.1) is 0 Å². The summed E-state index contributed by atoms with van der Waals surface area (Å²) < 4.78 is 11.2. The van der Waals surface area contributed by atoms with Crippen LogP contribution in [0.3, 0.4) is 0 Å². The summed E-state index contributed by atoms with van der Waals surface area (Å²) >= 11 is 5.89. The highest BCUT2D eigenvalue weighted by atomic mass is 35.5. The molecular formula is C19H18ClN3O3. The molecule has 2 aromatic carbocycles. The van der Waals surface area contributed by atoms with Crippen LogP contribution in [0.25, 0.3) is 11.1 Å². The second kappa shape index (κ2) is 6.88. The maximum absolute atomic E-state index is 12.7. The van der Waals surface area contributed by atoms with E-state index in [4.69, 9.17) is 26.5 Å². The SMILES string of the molecule is Nc1nc2cc(C(=O)N3CCC(Oc4ccc(Cl)cc4)CC3)ccc2o1. The molecule has 0 bridgehead atoms. The van der Waals surface area contributed by atoms with Crippen LogP contribution in [-0.4, -0.2) is 35.0 Å². The number of aromatic nitrogens is 1. The van der Waals surface area contributed by atoms with E-state index in [1.807, 2.05) is 29.2 Å². The summed E-state index contributed by atoms with van der Waals surface area (Å²) in [6, 6.07) is 12.6. The Balaban J connectivity index is 1.38. The Hall–Kier alpha value is -2.73. The van der Waals surface area contributed by atoms with E-state index in [0.717, 1.165) is 18.6 Å². The standard InChI is InChI=1S/C19H18ClN3O3/c20-13-2-4-14(5-3-13)25-15-7-9-23(10-8-15)18(24)12-1-6-17-16(11-12)22-19(21)26-17/h1-6,11,15H,7-10H2,(H2,21,22). The first-order valence-corrected chi connectivity index (χ1v) is 8.84. The minimum absolute atomic E-state index is 0.0154. The number of nitrogen functional groups attached to an aromatic ring is 1. The number of anilines is 1. The Morgan fingerprint density at radius 2 is 1.92 bits per heavy atom. The molecule has 1 fully saturated rings. The van der Waals surface area contributed by atoms with E-state index >= 15 is 0 Å². The minimum atomic E-state index is -0.0154. The van der Waals surface area contributed by atoms with Gasteiger partial charge in [0.05, 0.1) is 0 Å². The first-order chi connectivity index (χ1) is 12.6. The molecule has 1 saturated heterocycles. The Kier molecular flexibility index (Phi) is 4.42. The maximum Gasteiger partial charge on any atom is 0.292 e. The fourth-order valence-electron chi connectivity index (χ4n) is 3.14. The van der Waals surface area contributed by atoms with Gasteiger partial charge in [0.2, 0.25) is 0 Å². The molecule has 0 saturated carbocycles. The van der Waals surface area contributed by atoms with Gasteiger partial charge in [-0.15, -0.1) is 0 Å². The number of likely N-dealkylation sites (tertiary alicyclic amines) is 1. The molecule has 2 heterocycles. The number of hydrogen-bond acceptors (Lipinski definition) is 5. The number of carbonyl (C=O) groups is 1. The topological polar surface area (TPSA) is 81.6 Å². The van der Waals surface area contributed by atoms with Crippen molar-refractivity contribution in [1.29, 1.82) is 0 Å². The largest absolute Gasteiger partial charge is 0.490 e. The molecule has 0 spiro atoms. The number of rotatable bonds is 3. The smallest absolute Gasteiger partial charge is 0.292 e. The quantitative estimate of drug-likeness (QED) is 0.758. The van der Waals surface area contributed by atoms with Crippen LogP contribution >= 0.6 is 11.6 Å². The molecule has 0 atom stereocenters. The number of halogens is 1. The summed E-state index contributed by atoms with van der Waals surface area (Å²) in [7, 11) is 0. The van der Waals surface area contributed by atoms with Gasteiger partial charge in [0.25, 0.3) is 11.9 Å². The molecule has 1 amide bonds. The average molecular weight is 372 g/mol. The molecule has 7 heteroatoms. The van der Waals surface area contributed by atoms with E-state index in [1.165, 1.54) is 0 Å². The van der Waals surface area contributed by atoms with Crippen LogP contribution in [0.2, 0.25) is 5.02 Å². The van der Waals surface area contributed by atoms with E-state index in [1.54, 1.807) is 18.2 Å². The monoisotopic (exact) mass is 371 g/mol. The molecule has 4 rings (SSSR count). The van der Waals surface area contributed by atoms with Crippen molar-refractivity contribution in [1.82, 2.24) is 9.88 Å². The van der Waals surface area contributed by atoms with Gasteiger partial charge in [0.1, 0.15) is 17.4 Å². The van der Waals surface area contributed by atoms with Crippen molar-refractivity contribution in [2.75, 3.05) is 18.8 Å². The van der Waals surface area contributed by atoms with Crippen molar-refractivity contribution >= 4 is 34.6 Å². The van der Waals surface area contributed by atoms with Crippen molar-refractivity contribution in [2.24, 2.45) is 0 Å². The van der Waals surface area contributed by atoms with Crippen molar-refractivity contribution < 1.29 is 13.9 Å². The number of benzene rings is 2. The second-order valence-electron chi connectivity index (χ2n) is 6.30. The maximum atomic E-state index is 12.7. The van der Waals surface area contributed by atoms with Gasteiger partial charge in [-0.3, -0.25) is 4.79 Å². The third kappa shape index (κ3) is 3.46. The first kappa shape index (κ1) is 16.7. The zero-order valence-corrected chi connectivity index (χ0v) is 14.8. The Morgan fingerprint density at radius 1 is 1.19 bits per heavy atom. The van der Waals surface area contributed by atoms with E-state index < -0.39 is 0 Å². The molecule has 2 N–H and O–H groups in total. The fraction of sp³-hybridized carbons (Fsp3) is 0.263. The van der Waals surface area contributed by atoms with Crippen LogP contribution < -0.4 is 10.5 Å². The molecule has 1 aliphatic heterocycles. The number of fused-ring (bicyclic) bond motifs is 1. The second-order valence-corrected chi connectivity index (χ2v) is 6.73. The Morgan fingerprint density at radius 3 is 2.65 bits per heavy atom. The number of oxazole rings is 1. The average Bonchev–Trinajstić information content (AvgIpc) is 3.03. The molecule has 1 aromatic heterocycles. The van der Waals surface area contributed by atoms with Gasteiger partial charge in [0, 0.05) is 36.5 Å². The van der Waals surface area contributed by atoms with Crippen LogP contribution in [0.5, 0.6) is 5.75 Å². The lowest BCUT2D eigenvalue weighted by Gasteiger charge is -2.32. The molecule has 134 valence electrons. The fourth-order valence-corrected chi connectivity index (χ4v) is 3.27. The van der Waals surface area contributed by atoms with Crippen molar-refractivity contribution in [3.05, 3.63) is 53.1 Å². The number of carbonyl (C=O) groups excluding carboxylic acids is 1. The number of hydrogen-bond donors (Lipinski definition) is 1. The zero-order valence-electron chi connectivity index (χ0n) is 14.0. The summed E-state index contributed by atoms with van der Waals surface area (Å²) in [4.78, 5) is 18.7. The van der Waals surface area contributed by atoms with Crippen LogP contribution in [0.1, 0.15) is 23.2 Å². The summed E-state index contributed by atoms with van der Waals surface area (Å²) in [5.41, 5.74) is 7.31. The first-order valence-electron chi connectivity index (χ1n) is 8.46. The van der Waals surface area contributed by atoms with E-state index in [9.17, 15) is 4.79 Å². The lowest BCUT2D eigenvalue weighted by molar-refractivity contribution is 0.0595. The highest BCUT2D eigenvalue weighted by Crippen LogP contribution is 2.23. The highest BCUT2D eigenvalue weighted by molar-refractivity contribution is 6.30. The normalized spacial score (nSPS) is 15.3. The summed E-state index contributed by atoms with van der Waals surface area (Å²) in [6.45, 7) is 1.30. The molecule has 1 aliphatic rings.